The Balaban J connectivity index is 1.65. The minimum atomic E-state index is -0.910. The number of hydrogen-bond acceptors (Lipinski definition) is 8. The highest BCUT2D eigenvalue weighted by molar-refractivity contribution is 9.10. The quantitative estimate of drug-likeness (QED) is 0.258. The van der Waals surface area contributed by atoms with E-state index in [9.17, 15) is 19.8 Å². The van der Waals surface area contributed by atoms with E-state index < -0.39 is 17.7 Å². The first-order valence-electron chi connectivity index (χ1n) is 12.3. The van der Waals surface area contributed by atoms with Gasteiger partial charge in [-0.05, 0) is 59.1 Å². The number of phenols is 1. The number of aryl methyl sites for hydroxylation is 2. The van der Waals surface area contributed by atoms with Crippen LogP contribution in [0.3, 0.4) is 0 Å². The number of benzene rings is 1. The number of imidazole rings is 1. The fourth-order valence-corrected chi connectivity index (χ4v) is 5.57. The number of phenolic OH excluding ortho intramolecular Hbond substituents is 1. The normalized spacial score (nSPS) is 20.0. The summed E-state index contributed by atoms with van der Waals surface area (Å²) >= 11 is 3.35. The van der Waals surface area contributed by atoms with E-state index in [-0.39, 0.29) is 35.1 Å². The van der Waals surface area contributed by atoms with Gasteiger partial charge >= 0.3 is 0 Å². The highest BCUT2D eigenvalue weighted by Crippen LogP contribution is 2.44. The van der Waals surface area contributed by atoms with Gasteiger partial charge in [0.1, 0.15) is 11.3 Å². The third-order valence-electron chi connectivity index (χ3n) is 7.20. The molecule has 2 fully saturated rings. The number of fused-ring (bicyclic) bond motifs is 1. The van der Waals surface area contributed by atoms with Gasteiger partial charge < -0.3 is 29.0 Å². The zero-order valence-corrected chi connectivity index (χ0v) is 23.0. The van der Waals surface area contributed by atoms with Gasteiger partial charge in [0.2, 0.25) is 0 Å². The number of pyridine rings is 1. The summed E-state index contributed by atoms with van der Waals surface area (Å²) in [5, 5.41) is 22.0. The first kappa shape index (κ1) is 26.2. The van der Waals surface area contributed by atoms with Crippen LogP contribution in [-0.4, -0.2) is 87.6 Å². The van der Waals surface area contributed by atoms with E-state index in [1.165, 1.54) is 12.0 Å². The molecule has 2 N–H and O–H groups in total. The van der Waals surface area contributed by atoms with Crippen molar-refractivity contribution in [2.45, 2.75) is 19.9 Å². The SMILES string of the molecule is COc1cc(C2/C(=C(\O)c3nc4c(C)cccn4c3C)C(=O)C(=O)N2CCN2CCOCC2)cc(Br)c1O. The Hall–Kier alpha value is -3.41. The van der Waals surface area contributed by atoms with Gasteiger partial charge in [-0.2, -0.15) is 0 Å². The predicted octanol–water partition coefficient (Wildman–Crippen LogP) is 3.18. The number of aromatic hydroxyl groups is 1. The van der Waals surface area contributed by atoms with Crippen molar-refractivity contribution in [2.24, 2.45) is 0 Å². The van der Waals surface area contributed by atoms with Gasteiger partial charge in [-0.1, -0.05) is 6.07 Å². The van der Waals surface area contributed by atoms with E-state index in [0.29, 0.717) is 41.1 Å². The zero-order chi connectivity index (χ0) is 27.1. The summed E-state index contributed by atoms with van der Waals surface area (Å²) in [5.74, 6) is -1.76. The van der Waals surface area contributed by atoms with E-state index in [0.717, 1.165) is 18.7 Å². The molecule has 0 bridgehead atoms. The summed E-state index contributed by atoms with van der Waals surface area (Å²) in [6.45, 7) is 7.19. The van der Waals surface area contributed by atoms with Gasteiger partial charge in [-0.25, -0.2) is 4.98 Å². The molecule has 200 valence electrons. The Labute approximate surface area is 228 Å². The number of carbonyl (C=O) groups is 2. The maximum Gasteiger partial charge on any atom is 0.295 e. The lowest BCUT2D eigenvalue weighted by molar-refractivity contribution is -0.140. The van der Waals surface area contributed by atoms with Gasteiger partial charge in [0.25, 0.3) is 11.7 Å². The number of methoxy groups -OCH3 is 1. The van der Waals surface area contributed by atoms with E-state index in [2.05, 4.69) is 25.8 Å². The lowest BCUT2D eigenvalue weighted by atomic mass is 9.96. The molecule has 4 heterocycles. The van der Waals surface area contributed by atoms with Crippen LogP contribution in [0.25, 0.3) is 11.4 Å². The number of carbonyl (C=O) groups excluding carboxylic acids is 2. The topological polar surface area (TPSA) is 117 Å². The van der Waals surface area contributed by atoms with Gasteiger partial charge in [-0.3, -0.25) is 14.5 Å². The third-order valence-corrected chi connectivity index (χ3v) is 7.80. The molecule has 3 aromatic rings. The molecule has 1 atom stereocenters. The molecule has 2 saturated heterocycles. The molecule has 0 radical (unpaired) electrons. The number of Topliss-reactive ketones (excluding diaryl/α,β-unsaturated/α-hetero) is 1. The number of aromatic nitrogens is 2. The van der Waals surface area contributed by atoms with Crippen molar-refractivity contribution in [1.29, 1.82) is 0 Å². The van der Waals surface area contributed by atoms with Crippen molar-refractivity contribution >= 4 is 39.0 Å². The second-order valence-electron chi connectivity index (χ2n) is 9.43. The largest absolute Gasteiger partial charge is 0.505 e. The standard InChI is InChI=1S/C27H29BrN4O6/c1-15-5-4-6-31-16(2)21(29-26(15)31)24(34)20-22(17-13-18(28)23(33)19(14-17)37-3)32(27(36)25(20)35)8-7-30-9-11-38-12-10-30/h4-6,13-14,22,33-34H,7-12H2,1-3H3/b24-20+. The van der Waals surface area contributed by atoms with Crippen LogP contribution in [0.2, 0.25) is 0 Å². The first-order valence-corrected chi connectivity index (χ1v) is 13.1. The molecule has 2 aliphatic heterocycles. The molecular formula is C27H29BrN4O6. The monoisotopic (exact) mass is 584 g/mol. The van der Waals surface area contributed by atoms with Crippen LogP contribution >= 0.6 is 15.9 Å². The van der Waals surface area contributed by atoms with Gasteiger partial charge in [0.05, 0.1) is 42.1 Å². The molecule has 10 nitrogen and oxygen atoms in total. The lowest BCUT2D eigenvalue weighted by Crippen LogP contribution is -2.42. The number of ketones is 1. The number of likely N-dealkylation sites (tertiary alicyclic amines) is 1. The molecule has 1 amide bonds. The van der Waals surface area contributed by atoms with Crippen molar-refractivity contribution in [3.05, 3.63) is 63.0 Å². The van der Waals surface area contributed by atoms with Crippen molar-refractivity contribution in [1.82, 2.24) is 19.2 Å². The fourth-order valence-electron chi connectivity index (χ4n) is 5.11. The van der Waals surface area contributed by atoms with E-state index >= 15 is 0 Å². The minimum Gasteiger partial charge on any atom is -0.505 e. The maximum atomic E-state index is 13.5. The van der Waals surface area contributed by atoms with Crippen molar-refractivity contribution in [2.75, 3.05) is 46.5 Å². The number of nitrogens with zero attached hydrogens (tertiary/aromatic N) is 4. The Kier molecular flexibility index (Phi) is 7.17. The Morgan fingerprint density at radius 2 is 1.95 bits per heavy atom. The number of aliphatic hydroxyl groups is 1. The number of amides is 1. The second-order valence-corrected chi connectivity index (χ2v) is 10.3. The van der Waals surface area contributed by atoms with E-state index in [1.807, 2.05) is 29.7 Å². The molecule has 11 heteroatoms. The van der Waals surface area contributed by atoms with Crippen LogP contribution < -0.4 is 4.74 Å². The van der Waals surface area contributed by atoms with E-state index in [1.54, 1.807) is 19.1 Å². The van der Waals surface area contributed by atoms with Gasteiger partial charge in [-0.15, -0.1) is 0 Å². The molecule has 1 unspecified atom stereocenters. The third kappa shape index (κ3) is 4.44. The second kappa shape index (κ2) is 10.4. The van der Waals surface area contributed by atoms with Crippen molar-refractivity contribution in [3.8, 4) is 11.5 Å². The minimum absolute atomic E-state index is 0.0548. The highest BCUT2D eigenvalue weighted by Gasteiger charge is 2.47. The Morgan fingerprint density at radius 3 is 2.63 bits per heavy atom. The maximum absolute atomic E-state index is 13.5. The number of aliphatic hydroxyl groups excluding tert-OH is 1. The highest BCUT2D eigenvalue weighted by atomic mass is 79.9. The van der Waals surface area contributed by atoms with Crippen LogP contribution in [0.4, 0.5) is 0 Å². The van der Waals surface area contributed by atoms with Crippen LogP contribution in [0, 0.1) is 13.8 Å². The van der Waals surface area contributed by atoms with Gasteiger partial charge in [0.15, 0.2) is 17.3 Å². The summed E-state index contributed by atoms with van der Waals surface area (Å²) in [5.41, 5.74) is 2.89. The molecule has 38 heavy (non-hydrogen) atoms. The Morgan fingerprint density at radius 1 is 1.21 bits per heavy atom. The molecule has 1 aromatic carbocycles. The van der Waals surface area contributed by atoms with Crippen LogP contribution in [0.1, 0.15) is 28.6 Å². The zero-order valence-electron chi connectivity index (χ0n) is 21.4. The lowest BCUT2D eigenvalue weighted by Gasteiger charge is -2.31. The van der Waals surface area contributed by atoms with Crippen LogP contribution in [0.5, 0.6) is 11.5 Å². The van der Waals surface area contributed by atoms with Crippen molar-refractivity contribution in [3.63, 3.8) is 0 Å². The molecule has 0 aliphatic carbocycles. The van der Waals surface area contributed by atoms with Crippen LogP contribution in [-0.2, 0) is 14.3 Å². The summed E-state index contributed by atoms with van der Waals surface area (Å²) in [6.07, 6.45) is 1.84. The number of halogens is 1. The number of ether oxygens (including phenoxy) is 2. The molecule has 2 aliphatic rings. The predicted molar refractivity (Wildman–Crippen MR) is 143 cm³/mol. The summed E-state index contributed by atoms with van der Waals surface area (Å²) in [6, 6.07) is 6.09. The van der Waals surface area contributed by atoms with Gasteiger partial charge in [0, 0.05) is 32.4 Å². The Bertz CT molecular complexity index is 1460. The van der Waals surface area contributed by atoms with Crippen molar-refractivity contribution < 1.29 is 29.3 Å². The number of morpholine rings is 1. The summed E-state index contributed by atoms with van der Waals surface area (Å²) in [4.78, 5) is 35.2. The summed E-state index contributed by atoms with van der Waals surface area (Å²) in [7, 11) is 1.42. The average Bonchev–Trinajstić information content (AvgIpc) is 3.39. The summed E-state index contributed by atoms with van der Waals surface area (Å²) < 4.78 is 12.9. The van der Waals surface area contributed by atoms with E-state index in [4.69, 9.17) is 9.47 Å². The average molecular weight is 585 g/mol. The smallest absolute Gasteiger partial charge is 0.295 e. The first-order chi connectivity index (χ1) is 18.2. The fraction of sp³-hybridized carbons (Fsp3) is 0.370. The number of rotatable bonds is 6. The molecular weight excluding hydrogens is 556 g/mol. The molecule has 5 rings (SSSR count). The molecule has 2 aromatic heterocycles. The van der Waals surface area contributed by atoms with Crippen LogP contribution in [0.15, 0.2) is 40.5 Å². The molecule has 0 saturated carbocycles. The molecule has 0 spiro atoms. The number of hydrogen-bond donors (Lipinski definition) is 2.